The highest BCUT2D eigenvalue weighted by Gasteiger charge is 2.33. The number of pyridine rings is 1. The minimum atomic E-state index is -4.63. The topological polar surface area (TPSA) is 108 Å². The van der Waals surface area contributed by atoms with Crippen molar-refractivity contribution in [2.24, 2.45) is 0 Å². The molecule has 0 aliphatic carbocycles. The van der Waals surface area contributed by atoms with Crippen molar-refractivity contribution >= 4 is 22.6 Å². The fraction of sp³-hybridized carbons (Fsp3) is 0.120. The number of aromatic nitrogens is 6. The summed E-state index contributed by atoms with van der Waals surface area (Å²) in [5.41, 5.74) is 0.410. The van der Waals surface area contributed by atoms with E-state index < -0.39 is 11.9 Å². The lowest BCUT2D eigenvalue weighted by atomic mass is 10.2. The molecule has 5 rings (SSSR count). The number of hydrogen-bond donors (Lipinski definition) is 1. The Balaban J connectivity index is 1.36. The number of para-hydroxylation sites is 1. The molecule has 0 aliphatic heterocycles. The molecule has 5 aromatic rings. The van der Waals surface area contributed by atoms with Crippen molar-refractivity contribution in [1.29, 1.82) is 0 Å². The molecule has 37 heavy (non-hydrogen) atoms. The molecular formula is C25H18F3N7O2. The number of carbonyl (C=O) groups excluding carboxylic acids is 1. The van der Waals surface area contributed by atoms with Crippen LogP contribution in [0.25, 0.3) is 22.4 Å². The van der Waals surface area contributed by atoms with Crippen LogP contribution < -0.4 is 10.1 Å². The van der Waals surface area contributed by atoms with E-state index in [1.165, 1.54) is 16.9 Å². The molecule has 0 bridgehead atoms. The maximum atomic E-state index is 13.2. The lowest BCUT2D eigenvalue weighted by Gasteiger charge is -2.11. The van der Waals surface area contributed by atoms with Gasteiger partial charge in [-0.05, 0) is 24.3 Å². The summed E-state index contributed by atoms with van der Waals surface area (Å²) in [5.74, 6) is -0.0815. The molecule has 0 aliphatic rings. The number of ether oxygens (including phenoxy) is 1. The first-order valence-electron chi connectivity index (χ1n) is 11.0. The van der Waals surface area contributed by atoms with Gasteiger partial charge in [-0.15, -0.1) is 5.10 Å². The van der Waals surface area contributed by atoms with Crippen LogP contribution in [-0.2, 0) is 24.1 Å². The molecule has 12 heteroatoms. The second kappa shape index (κ2) is 10.0. The minimum Gasteiger partial charge on any atom is -0.470 e. The van der Waals surface area contributed by atoms with Gasteiger partial charge in [0.05, 0.1) is 11.6 Å². The van der Waals surface area contributed by atoms with Crippen LogP contribution in [0.15, 0.2) is 79.0 Å². The van der Waals surface area contributed by atoms with E-state index in [9.17, 15) is 18.0 Å². The number of carbonyl (C=O) groups is 1. The molecule has 1 amide bonds. The average Bonchev–Trinajstić information content (AvgIpc) is 3.34. The van der Waals surface area contributed by atoms with Crippen LogP contribution in [0.1, 0.15) is 11.4 Å². The summed E-state index contributed by atoms with van der Waals surface area (Å²) in [5, 5.41) is 10.9. The number of fused-ring (bicyclic) bond motifs is 1. The van der Waals surface area contributed by atoms with Crippen LogP contribution in [0.5, 0.6) is 5.88 Å². The third kappa shape index (κ3) is 5.69. The van der Waals surface area contributed by atoms with Gasteiger partial charge >= 0.3 is 6.18 Å². The van der Waals surface area contributed by atoms with Gasteiger partial charge in [-0.1, -0.05) is 53.7 Å². The molecule has 2 aromatic carbocycles. The van der Waals surface area contributed by atoms with Crippen molar-refractivity contribution in [2.75, 3.05) is 5.32 Å². The van der Waals surface area contributed by atoms with E-state index in [-0.39, 0.29) is 41.8 Å². The molecule has 0 atom stereocenters. The van der Waals surface area contributed by atoms with Gasteiger partial charge in [0.25, 0.3) is 0 Å². The van der Waals surface area contributed by atoms with Gasteiger partial charge in [0.2, 0.25) is 11.8 Å². The smallest absolute Gasteiger partial charge is 0.433 e. The van der Waals surface area contributed by atoms with Crippen molar-refractivity contribution in [3.05, 3.63) is 90.4 Å². The van der Waals surface area contributed by atoms with Crippen LogP contribution in [-0.4, -0.2) is 35.9 Å². The molecular weight excluding hydrogens is 487 g/mol. The number of nitrogens with zero attached hydrogens (tertiary/aromatic N) is 6. The van der Waals surface area contributed by atoms with Crippen LogP contribution in [0.3, 0.4) is 0 Å². The number of rotatable bonds is 7. The number of nitrogens with one attached hydrogen (secondary N) is 1. The first kappa shape index (κ1) is 23.9. The molecule has 0 saturated carbocycles. The molecule has 3 heterocycles. The van der Waals surface area contributed by atoms with Gasteiger partial charge in [0.15, 0.2) is 11.5 Å². The molecule has 0 radical (unpaired) electrons. The third-order valence-electron chi connectivity index (χ3n) is 5.15. The van der Waals surface area contributed by atoms with Gasteiger partial charge < -0.3 is 10.1 Å². The molecule has 0 spiro atoms. The number of halogens is 3. The molecule has 9 nitrogen and oxygen atoms in total. The van der Waals surface area contributed by atoms with Gasteiger partial charge in [-0.3, -0.25) is 4.79 Å². The van der Waals surface area contributed by atoms with E-state index >= 15 is 0 Å². The molecule has 0 saturated heterocycles. The van der Waals surface area contributed by atoms with Crippen molar-refractivity contribution in [1.82, 2.24) is 29.9 Å². The largest absolute Gasteiger partial charge is 0.470 e. The van der Waals surface area contributed by atoms with Crippen molar-refractivity contribution in [3.8, 4) is 17.3 Å². The number of amides is 1. The van der Waals surface area contributed by atoms with Crippen molar-refractivity contribution in [2.45, 2.75) is 19.3 Å². The van der Waals surface area contributed by atoms with Gasteiger partial charge in [-0.2, -0.15) is 18.2 Å². The summed E-state index contributed by atoms with van der Waals surface area (Å²) >= 11 is 0. The van der Waals surface area contributed by atoms with E-state index in [4.69, 9.17) is 4.74 Å². The highest BCUT2D eigenvalue weighted by Crippen LogP contribution is 2.32. The highest BCUT2D eigenvalue weighted by molar-refractivity contribution is 5.90. The quantitative estimate of drug-likeness (QED) is 0.347. The molecule has 0 fully saturated rings. The number of anilines is 1. The summed E-state index contributed by atoms with van der Waals surface area (Å²) in [6.07, 6.45) is -3.09. The standard InChI is InChI=1S/C25H18F3N7O2/c26-25(27,28)20-12-11-19-23(30-20)31-22(16-7-3-1-4-8-16)32-24(19)37-15-18-13-35(34-33-18)14-21(36)29-17-9-5-2-6-10-17/h1-13H,14-15H2,(H,29,36). The van der Waals surface area contributed by atoms with Gasteiger partial charge in [0.1, 0.15) is 24.5 Å². The SMILES string of the molecule is O=C(Cn1cc(COc2nc(-c3ccccc3)nc3nc(C(F)(F)F)ccc23)nn1)Nc1ccccc1. The van der Waals surface area contributed by atoms with Crippen LogP contribution in [0, 0.1) is 0 Å². The Hall–Kier alpha value is -4.87. The lowest BCUT2D eigenvalue weighted by Crippen LogP contribution is -2.19. The predicted molar refractivity (Wildman–Crippen MR) is 127 cm³/mol. The molecule has 3 aromatic heterocycles. The number of alkyl halides is 3. The fourth-order valence-electron chi connectivity index (χ4n) is 3.46. The summed E-state index contributed by atoms with van der Waals surface area (Å²) in [6.45, 7) is -0.164. The molecule has 186 valence electrons. The summed E-state index contributed by atoms with van der Waals surface area (Å²) in [7, 11) is 0. The fourth-order valence-corrected chi connectivity index (χ4v) is 3.46. The van der Waals surface area contributed by atoms with Crippen LogP contribution >= 0.6 is 0 Å². The van der Waals surface area contributed by atoms with Gasteiger partial charge in [-0.25, -0.2) is 14.6 Å². The second-order valence-electron chi connectivity index (χ2n) is 7.89. The zero-order valence-electron chi connectivity index (χ0n) is 19.1. The predicted octanol–water partition coefficient (Wildman–Crippen LogP) is 4.52. The maximum absolute atomic E-state index is 13.2. The van der Waals surface area contributed by atoms with E-state index in [0.29, 0.717) is 16.9 Å². The van der Waals surface area contributed by atoms with E-state index in [1.807, 2.05) is 6.07 Å². The Kier molecular flexibility index (Phi) is 6.45. The van der Waals surface area contributed by atoms with E-state index in [0.717, 1.165) is 6.07 Å². The van der Waals surface area contributed by atoms with Gasteiger partial charge in [0, 0.05) is 11.3 Å². The first-order valence-corrected chi connectivity index (χ1v) is 11.0. The Bertz CT molecular complexity index is 1540. The molecule has 1 N–H and O–H groups in total. The number of hydrogen-bond acceptors (Lipinski definition) is 7. The van der Waals surface area contributed by atoms with E-state index in [1.54, 1.807) is 54.6 Å². The Labute approximate surface area is 208 Å². The zero-order valence-corrected chi connectivity index (χ0v) is 19.1. The Morgan fingerprint density at radius 3 is 2.38 bits per heavy atom. The van der Waals surface area contributed by atoms with Crippen molar-refractivity contribution in [3.63, 3.8) is 0 Å². The average molecular weight is 505 g/mol. The third-order valence-corrected chi connectivity index (χ3v) is 5.15. The highest BCUT2D eigenvalue weighted by atomic mass is 19.4. The van der Waals surface area contributed by atoms with E-state index in [2.05, 4.69) is 30.6 Å². The Morgan fingerprint density at radius 2 is 1.65 bits per heavy atom. The van der Waals surface area contributed by atoms with Crippen molar-refractivity contribution < 1.29 is 22.7 Å². The lowest BCUT2D eigenvalue weighted by molar-refractivity contribution is -0.141. The summed E-state index contributed by atoms with van der Waals surface area (Å²) < 4.78 is 46.9. The minimum absolute atomic E-state index is 0.0430. The second-order valence-corrected chi connectivity index (χ2v) is 7.89. The first-order chi connectivity index (χ1) is 17.8. The number of benzene rings is 2. The summed E-state index contributed by atoms with van der Waals surface area (Å²) in [6, 6.07) is 19.8. The maximum Gasteiger partial charge on any atom is 0.433 e. The Morgan fingerprint density at radius 1 is 0.919 bits per heavy atom. The molecule has 0 unspecified atom stereocenters. The zero-order chi connectivity index (χ0) is 25.8. The van der Waals surface area contributed by atoms with Crippen LogP contribution in [0.2, 0.25) is 0 Å². The monoisotopic (exact) mass is 505 g/mol. The van der Waals surface area contributed by atoms with Crippen LogP contribution in [0.4, 0.5) is 18.9 Å². The summed E-state index contributed by atoms with van der Waals surface area (Å²) in [4.78, 5) is 24.6. The normalized spacial score (nSPS) is 11.4.